The van der Waals surface area contributed by atoms with E-state index in [9.17, 15) is 9.18 Å². The molecule has 0 bridgehead atoms. The maximum Gasteiger partial charge on any atom is 0.240 e. The van der Waals surface area contributed by atoms with Crippen LogP contribution in [0.15, 0.2) is 22.5 Å². The predicted molar refractivity (Wildman–Crippen MR) is 82.3 cm³/mol. The normalized spacial score (nSPS) is 18.5. The molecule has 5 nitrogen and oxygen atoms in total. The second kappa shape index (κ2) is 5.78. The molecule has 9 heteroatoms. The molecule has 2 N–H and O–H groups in total. The van der Waals surface area contributed by atoms with Gasteiger partial charge in [0.25, 0.3) is 0 Å². The van der Waals surface area contributed by atoms with Gasteiger partial charge in [0.2, 0.25) is 11.0 Å². The van der Waals surface area contributed by atoms with Gasteiger partial charge in [-0.2, -0.15) is 0 Å². The highest BCUT2D eigenvalue weighted by Crippen LogP contribution is 2.35. The van der Waals surface area contributed by atoms with Crippen LogP contribution in [0.4, 0.5) is 15.2 Å². The summed E-state index contributed by atoms with van der Waals surface area (Å²) >= 11 is 8.24. The molecule has 2 aromatic rings. The first kappa shape index (κ1) is 14.6. The van der Waals surface area contributed by atoms with Gasteiger partial charge >= 0.3 is 0 Å². The number of hydrogen-bond donors (Lipinski definition) is 1. The lowest BCUT2D eigenvalue weighted by Crippen LogP contribution is -2.28. The van der Waals surface area contributed by atoms with Crippen molar-refractivity contribution in [1.29, 1.82) is 0 Å². The van der Waals surface area contributed by atoms with Gasteiger partial charge in [-0.3, -0.25) is 4.79 Å². The SMILES string of the molecule is Nc1nnc(S[C@@H]2CCN(c3ccc(Cl)c(F)c3)C2=O)s1. The summed E-state index contributed by atoms with van der Waals surface area (Å²) in [6.07, 6.45) is 0.660. The van der Waals surface area contributed by atoms with Crippen molar-refractivity contribution in [2.24, 2.45) is 0 Å². The van der Waals surface area contributed by atoms with Crippen LogP contribution in [0, 0.1) is 5.82 Å². The lowest BCUT2D eigenvalue weighted by Gasteiger charge is -2.16. The van der Waals surface area contributed by atoms with Crippen LogP contribution in [0.2, 0.25) is 5.02 Å². The van der Waals surface area contributed by atoms with E-state index in [0.717, 1.165) is 0 Å². The molecule has 2 heterocycles. The van der Waals surface area contributed by atoms with Gasteiger partial charge < -0.3 is 10.6 Å². The summed E-state index contributed by atoms with van der Waals surface area (Å²) in [6, 6.07) is 4.36. The number of amides is 1. The van der Waals surface area contributed by atoms with Crippen molar-refractivity contribution in [3.8, 4) is 0 Å². The molecule has 110 valence electrons. The van der Waals surface area contributed by atoms with Crippen LogP contribution in [-0.2, 0) is 4.79 Å². The molecule has 0 saturated carbocycles. The third kappa shape index (κ3) is 2.97. The number of nitrogen functional groups attached to an aromatic ring is 1. The molecule has 1 amide bonds. The average molecular weight is 345 g/mol. The summed E-state index contributed by atoms with van der Waals surface area (Å²) in [6.45, 7) is 0.534. The Morgan fingerprint density at radius 1 is 1.48 bits per heavy atom. The number of nitrogens with two attached hydrogens (primary N) is 1. The first-order chi connectivity index (χ1) is 10.0. The van der Waals surface area contributed by atoms with Crippen LogP contribution in [0.3, 0.4) is 0 Å². The number of aromatic nitrogens is 2. The van der Waals surface area contributed by atoms with E-state index < -0.39 is 5.82 Å². The molecule has 1 atom stereocenters. The Labute approximate surface area is 133 Å². The Bertz CT molecular complexity index is 696. The minimum Gasteiger partial charge on any atom is -0.374 e. The fraction of sp³-hybridized carbons (Fsp3) is 0.250. The summed E-state index contributed by atoms with van der Waals surface area (Å²) in [7, 11) is 0. The highest BCUT2D eigenvalue weighted by atomic mass is 35.5. The minimum atomic E-state index is -0.532. The van der Waals surface area contributed by atoms with Crippen molar-refractivity contribution in [3.63, 3.8) is 0 Å². The van der Waals surface area contributed by atoms with Crippen molar-refractivity contribution >= 4 is 51.4 Å². The molecule has 3 rings (SSSR count). The number of halogens is 2. The van der Waals surface area contributed by atoms with E-state index >= 15 is 0 Å². The van der Waals surface area contributed by atoms with Gasteiger partial charge in [0.1, 0.15) is 5.82 Å². The Kier molecular flexibility index (Phi) is 4.01. The molecule has 0 aliphatic carbocycles. The zero-order valence-electron chi connectivity index (χ0n) is 10.6. The maximum absolute atomic E-state index is 13.5. The molecule has 1 aromatic carbocycles. The van der Waals surface area contributed by atoms with E-state index in [1.54, 1.807) is 11.0 Å². The van der Waals surface area contributed by atoms with Crippen LogP contribution in [0.25, 0.3) is 0 Å². The Morgan fingerprint density at radius 3 is 2.95 bits per heavy atom. The second-order valence-corrected chi connectivity index (χ2v) is 7.26. The number of carbonyl (C=O) groups excluding carboxylic acids is 1. The molecule has 0 unspecified atom stereocenters. The molecule has 0 radical (unpaired) electrons. The number of anilines is 2. The van der Waals surface area contributed by atoms with Gasteiger partial charge in [-0.25, -0.2) is 4.39 Å². The molecule has 1 fully saturated rings. The Hall–Kier alpha value is -1.38. The molecule has 1 aromatic heterocycles. The summed E-state index contributed by atoms with van der Waals surface area (Å²) in [4.78, 5) is 13.9. The quantitative estimate of drug-likeness (QED) is 0.927. The van der Waals surface area contributed by atoms with E-state index in [1.165, 1.54) is 35.2 Å². The van der Waals surface area contributed by atoms with Gasteiger partial charge in [-0.15, -0.1) is 10.2 Å². The molecular weight excluding hydrogens is 335 g/mol. The average Bonchev–Trinajstić information content (AvgIpc) is 3.01. The number of hydrogen-bond acceptors (Lipinski definition) is 6. The largest absolute Gasteiger partial charge is 0.374 e. The second-order valence-electron chi connectivity index (χ2n) is 4.39. The third-order valence-electron chi connectivity index (χ3n) is 3.04. The van der Waals surface area contributed by atoms with Crippen molar-refractivity contribution < 1.29 is 9.18 Å². The zero-order chi connectivity index (χ0) is 15.0. The molecule has 0 spiro atoms. The monoisotopic (exact) mass is 344 g/mol. The molecular formula is C12H10ClFN4OS2. The smallest absolute Gasteiger partial charge is 0.240 e. The number of carbonyl (C=O) groups is 1. The molecule has 21 heavy (non-hydrogen) atoms. The maximum atomic E-state index is 13.5. The number of thioether (sulfide) groups is 1. The van der Waals surface area contributed by atoms with Crippen molar-refractivity contribution in [2.75, 3.05) is 17.2 Å². The van der Waals surface area contributed by atoms with Crippen LogP contribution >= 0.6 is 34.7 Å². The van der Waals surface area contributed by atoms with E-state index in [-0.39, 0.29) is 16.2 Å². The van der Waals surface area contributed by atoms with Crippen LogP contribution in [-0.4, -0.2) is 27.9 Å². The Morgan fingerprint density at radius 2 is 2.29 bits per heavy atom. The van der Waals surface area contributed by atoms with Crippen molar-refractivity contribution in [3.05, 3.63) is 29.0 Å². The number of nitrogens with zero attached hydrogens (tertiary/aromatic N) is 3. The van der Waals surface area contributed by atoms with Gasteiger partial charge in [0.05, 0.1) is 10.3 Å². The zero-order valence-corrected chi connectivity index (χ0v) is 13.0. The third-order valence-corrected chi connectivity index (χ3v) is 5.43. The first-order valence-electron chi connectivity index (χ1n) is 6.06. The predicted octanol–water partition coefficient (Wildman–Crippen LogP) is 2.81. The van der Waals surface area contributed by atoms with Gasteiger partial charge in [-0.05, 0) is 24.6 Å². The molecule has 1 aliphatic heterocycles. The van der Waals surface area contributed by atoms with E-state index in [0.29, 0.717) is 28.1 Å². The van der Waals surface area contributed by atoms with Gasteiger partial charge in [0.15, 0.2) is 4.34 Å². The topological polar surface area (TPSA) is 72.1 Å². The summed E-state index contributed by atoms with van der Waals surface area (Å²) in [5.74, 6) is -0.606. The lowest BCUT2D eigenvalue weighted by atomic mass is 10.3. The summed E-state index contributed by atoms with van der Waals surface area (Å²) in [5, 5.41) is 7.78. The van der Waals surface area contributed by atoms with Gasteiger partial charge in [-0.1, -0.05) is 34.7 Å². The fourth-order valence-electron chi connectivity index (χ4n) is 2.06. The van der Waals surface area contributed by atoms with E-state index in [1.807, 2.05) is 0 Å². The van der Waals surface area contributed by atoms with Gasteiger partial charge in [0, 0.05) is 12.2 Å². The summed E-state index contributed by atoms with van der Waals surface area (Å²) in [5.41, 5.74) is 6.03. The highest BCUT2D eigenvalue weighted by Gasteiger charge is 2.34. The molecule has 1 aliphatic rings. The van der Waals surface area contributed by atoms with Crippen LogP contribution < -0.4 is 10.6 Å². The standard InChI is InChI=1S/C12H10ClFN4OS2/c13-7-2-1-6(5-8(7)14)18-4-3-9(10(18)19)20-12-17-16-11(15)21-12/h1-2,5,9H,3-4H2,(H2,15,16)/t9-/m1/s1. The minimum absolute atomic E-state index is 0.0423. The molecule has 1 saturated heterocycles. The summed E-state index contributed by atoms with van der Waals surface area (Å²) < 4.78 is 14.2. The fourth-order valence-corrected chi connectivity index (χ4v) is 4.10. The van der Waals surface area contributed by atoms with E-state index in [2.05, 4.69) is 10.2 Å². The van der Waals surface area contributed by atoms with Crippen LogP contribution in [0.5, 0.6) is 0 Å². The Balaban J connectivity index is 1.75. The lowest BCUT2D eigenvalue weighted by molar-refractivity contribution is -0.116. The van der Waals surface area contributed by atoms with Crippen molar-refractivity contribution in [1.82, 2.24) is 10.2 Å². The number of benzene rings is 1. The highest BCUT2D eigenvalue weighted by molar-refractivity contribution is 8.02. The van der Waals surface area contributed by atoms with Crippen molar-refractivity contribution in [2.45, 2.75) is 16.0 Å². The van der Waals surface area contributed by atoms with E-state index in [4.69, 9.17) is 17.3 Å². The number of rotatable bonds is 3. The van der Waals surface area contributed by atoms with Crippen LogP contribution in [0.1, 0.15) is 6.42 Å². The first-order valence-corrected chi connectivity index (χ1v) is 8.14.